The van der Waals surface area contributed by atoms with Crippen molar-refractivity contribution in [2.24, 2.45) is 0 Å². The van der Waals surface area contributed by atoms with Crippen LogP contribution in [0.3, 0.4) is 0 Å². The zero-order chi connectivity index (χ0) is 13.4. The standard InChI is InChI=1S/C13H21NO3S/c1-3-10-17-11-4-9-14-12-5-7-13(8-6-12)18(2,15)16/h5-8,14H,3-4,9-11H2,1-2H3. The molecule has 1 N–H and O–H groups in total. The molecular formula is C13H21NO3S. The fraction of sp³-hybridized carbons (Fsp3) is 0.538. The van der Waals surface area contributed by atoms with E-state index in [0.29, 0.717) is 4.90 Å². The average molecular weight is 271 g/mol. The molecule has 0 aliphatic rings. The first-order valence-electron chi connectivity index (χ1n) is 6.16. The van der Waals surface area contributed by atoms with Gasteiger partial charge in [0.05, 0.1) is 4.90 Å². The molecule has 0 saturated carbocycles. The second-order valence-corrected chi connectivity index (χ2v) is 6.20. The molecule has 0 atom stereocenters. The maximum atomic E-state index is 11.3. The molecule has 0 heterocycles. The van der Waals surface area contributed by atoms with Gasteiger partial charge in [-0.25, -0.2) is 8.42 Å². The summed E-state index contributed by atoms with van der Waals surface area (Å²) in [6.45, 7) is 4.47. The van der Waals surface area contributed by atoms with E-state index in [1.54, 1.807) is 24.3 Å². The predicted octanol–water partition coefficient (Wildman–Crippen LogP) is 2.32. The van der Waals surface area contributed by atoms with Gasteiger partial charge in [0.25, 0.3) is 0 Å². The zero-order valence-electron chi connectivity index (χ0n) is 11.0. The van der Waals surface area contributed by atoms with Gasteiger partial charge in [-0.15, -0.1) is 0 Å². The number of sulfone groups is 1. The topological polar surface area (TPSA) is 55.4 Å². The summed E-state index contributed by atoms with van der Waals surface area (Å²) in [7, 11) is -3.10. The number of anilines is 1. The van der Waals surface area contributed by atoms with Gasteiger partial charge in [0.1, 0.15) is 0 Å². The third kappa shape index (κ3) is 5.51. The highest BCUT2D eigenvalue weighted by molar-refractivity contribution is 7.90. The molecule has 0 fully saturated rings. The maximum absolute atomic E-state index is 11.3. The Labute approximate surface area is 109 Å². The van der Waals surface area contributed by atoms with E-state index < -0.39 is 9.84 Å². The van der Waals surface area contributed by atoms with Crippen molar-refractivity contribution in [2.75, 3.05) is 31.3 Å². The Kier molecular flexibility index (Phi) is 6.15. The lowest BCUT2D eigenvalue weighted by atomic mass is 10.3. The molecule has 0 amide bonds. The van der Waals surface area contributed by atoms with Gasteiger partial charge < -0.3 is 10.1 Å². The van der Waals surface area contributed by atoms with Crippen molar-refractivity contribution in [1.29, 1.82) is 0 Å². The molecule has 0 aliphatic heterocycles. The van der Waals surface area contributed by atoms with Gasteiger partial charge >= 0.3 is 0 Å². The van der Waals surface area contributed by atoms with Crippen LogP contribution in [0.2, 0.25) is 0 Å². The first kappa shape index (κ1) is 15.0. The fourth-order valence-electron chi connectivity index (χ4n) is 1.47. The molecule has 0 bridgehead atoms. The van der Waals surface area contributed by atoms with Gasteiger partial charge in [-0.05, 0) is 37.1 Å². The average Bonchev–Trinajstić information content (AvgIpc) is 2.33. The highest BCUT2D eigenvalue weighted by atomic mass is 32.2. The van der Waals surface area contributed by atoms with Crippen molar-refractivity contribution in [3.05, 3.63) is 24.3 Å². The molecular weight excluding hydrogens is 250 g/mol. The SMILES string of the molecule is CCCOCCCNc1ccc(S(C)(=O)=O)cc1. The van der Waals surface area contributed by atoms with Gasteiger partial charge in [0, 0.05) is 31.7 Å². The molecule has 1 rings (SSSR count). The van der Waals surface area contributed by atoms with Crippen molar-refractivity contribution >= 4 is 15.5 Å². The highest BCUT2D eigenvalue weighted by Gasteiger charge is 2.05. The minimum atomic E-state index is -3.10. The van der Waals surface area contributed by atoms with Crippen LogP contribution in [-0.4, -0.2) is 34.4 Å². The monoisotopic (exact) mass is 271 g/mol. The number of hydrogen-bond acceptors (Lipinski definition) is 4. The van der Waals surface area contributed by atoms with E-state index in [9.17, 15) is 8.42 Å². The molecule has 0 aliphatic carbocycles. The summed E-state index contributed by atoms with van der Waals surface area (Å²) >= 11 is 0. The van der Waals surface area contributed by atoms with Crippen molar-refractivity contribution in [3.63, 3.8) is 0 Å². The van der Waals surface area contributed by atoms with Crippen LogP contribution in [0.15, 0.2) is 29.2 Å². The summed E-state index contributed by atoms with van der Waals surface area (Å²) in [6.07, 6.45) is 3.19. The van der Waals surface area contributed by atoms with Crippen LogP contribution in [0.4, 0.5) is 5.69 Å². The lowest BCUT2D eigenvalue weighted by molar-refractivity contribution is 0.134. The third-order valence-corrected chi connectivity index (χ3v) is 3.55. The van der Waals surface area contributed by atoms with Crippen molar-refractivity contribution in [1.82, 2.24) is 0 Å². The molecule has 5 heteroatoms. The van der Waals surface area contributed by atoms with Crippen LogP contribution in [0, 0.1) is 0 Å². The van der Waals surface area contributed by atoms with E-state index >= 15 is 0 Å². The van der Waals surface area contributed by atoms with Crippen LogP contribution in [0.25, 0.3) is 0 Å². The van der Waals surface area contributed by atoms with E-state index in [0.717, 1.165) is 38.3 Å². The Morgan fingerprint density at radius 2 is 1.83 bits per heavy atom. The van der Waals surface area contributed by atoms with Crippen LogP contribution in [0.5, 0.6) is 0 Å². The fourth-order valence-corrected chi connectivity index (χ4v) is 2.10. The largest absolute Gasteiger partial charge is 0.385 e. The van der Waals surface area contributed by atoms with Crippen LogP contribution in [-0.2, 0) is 14.6 Å². The Balaban J connectivity index is 2.32. The van der Waals surface area contributed by atoms with Crippen molar-refractivity contribution in [2.45, 2.75) is 24.7 Å². The third-order valence-electron chi connectivity index (χ3n) is 2.43. The molecule has 0 unspecified atom stereocenters. The molecule has 0 aromatic heterocycles. The Morgan fingerprint density at radius 3 is 2.39 bits per heavy atom. The minimum absolute atomic E-state index is 0.347. The Hall–Kier alpha value is -1.07. The van der Waals surface area contributed by atoms with Gasteiger partial charge in [-0.1, -0.05) is 6.92 Å². The molecule has 102 valence electrons. The quantitative estimate of drug-likeness (QED) is 0.737. The summed E-state index contributed by atoms with van der Waals surface area (Å²) in [5.74, 6) is 0. The van der Waals surface area contributed by atoms with E-state index in [-0.39, 0.29) is 0 Å². The summed E-state index contributed by atoms with van der Waals surface area (Å²) in [4.78, 5) is 0.347. The van der Waals surface area contributed by atoms with E-state index in [2.05, 4.69) is 12.2 Å². The summed E-state index contributed by atoms with van der Waals surface area (Å²) in [5.41, 5.74) is 0.929. The number of rotatable bonds is 8. The van der Waals surface area contributed by atoms with Gasteiger partial charge in [0.15, 0.2) is 9.84 Å². The van der Waals surface area contributed by atoms with Gasteiger partial charge in [-0.2, -0.15) is 0 Å². The molecule has 18 heavy (non-hydrogen) atoms. The maximum Gasteiger partial charge on any atom is 0.175 e. The lowest BCUT2D eigenvalue weighted by Gasteiger charge is -2.07. The van der Waals surface area contributed by atoms with Crippen molar-refractivity contribution < 1.29 is 13.2 Å². The summed E-state index contributed by atoms with van der Waals surface area (Å²) in [5, 5.41) is 3.23. The molecule has 4 nitrogen and oxygen atoms in total. The normalized spacial score (nSPS) is 11.4. The van der Waals surface area contributed by atoms with E-state index in [1.165, 1.54) is 6.26 Å². The van der Waals surface area contributed by atoms with E-state index in [4.69, 9.17) is 4.74 Å². The predicted molar refractivity (Wildman–Crippen MR) is 73.8 cm³/mol. The second-order valence-electron chi connectivity index (χ2n) is 4.19. The molecule has 0 radical (unpaired) electrons. The number of ether oxygens (including phenoxy) is 1. The molecule has 1 aromatic rings. The Bertz CT molecular complexity index is 440. The smallest absolute Gasteiger partial charge is 0.175 e. The molecule has 1 aromatic carbocycles. The van der Waals surface area contributed by atoms with Crippen LogP contribution >= 0.6 is 0 Å². The molecule has 0 spiro atoms. The van der Waals surface area contributed by atoms with Gasteiger partial charge in [-0.3, -0.25) is 0 Å². The molecule has 0 saturated heterocycles. The number of hydrogen-bond donors (Lipinski definition) is 1. The van der Waals surface area contributed by atoms with Gasteiger partial charge in [0.2, 0.25) is 0 Å². The van der Waals surface area contributed by atoms with E-state index in [1.807, 2.05) is 0 Å². The van der Waals surface area contributed by atoms with Crippen LogP contribution in [0.1, 0.15) is 19.8 Å². The zero-order valence-corrected chi connectivity index (χ0v) is 11.8. The second kappa shape index (κ2) is 7.38. The lowest BCUT2D eigenvalue weighted by Crippen LogP contribution is -2.06. The minimum Gasteiger partial charge on any atom is -0.385 e. The number of nitrogens with one attached hydrogen (secondary N) is 1. The van der Waals surface area contributed by atoms with Crippen molar-refractivity contribution in [3.8, 4) is 0 Å². The number of benzene rings is 1. The summed E-state index contributed by atoms with van der Waals surface area (Å²) in [6, 6.07) is 6.79. The first-order valence-corrected chi connectivity index (χ1v) is 8.05. The Morgan fingerprint density at radius 1 is 1.17 bits per heavy atom. The first-order chi connectivity index (χ1) is 8.54. The van der Waals surface area contributed by atoms with Crippen LogP contribution < -0.4 is 5.32 Å². The highest BCUT2D eigenvalue weighted by Crippen LogP contribution is 2.13. The summed E-state index contributed by atoms with van der Waals surface area (Å²) < 4.78 is 27.9.